The minimum Gasteiger partial charge on any atom is -0.484 e. The number of hydrogen-bond acceptors (Lipinski definition) is 6. The van der Waals surface area contributed by atoms with Crippen LogP contribution in [0.1, 0.15) is 17.0 Å². The van der Waals surface area contributed by atoms with Gasteiger partial charge in [-0.05, 0) is 29.8 Å². The van der Waals surface area contributed by atoms with Crippen molar-refractivity contribution in [1.29, 1.82) is 5.26 Å². The van der Waals surface area contributed by atoms with Crippen LogP contribution in [-0.4, -0.2) is 22.7 Å². The van der Waals surface area contributed by atoms with Crippen LogP contribution in [0.5, 0.6) is 11.6 Å². The molecule has 0 saturated carbocycles. The van der Waals surface area contributed by atoms with E-state index >= 15 is 0 Å². The summed E-state index contributed by atoms with van der Waals surface area (Å²) >= 11 is 12.2. The third-order valence-electron chi connectivity index (χ3n) is 4.74. The van der Waals surface area contributed by atoms with Gasteiger partial charge in [0.25, 0.3) is 5.91 Å². The third kappa shape index (κ3) is 3.89. The predicted molar refractivity (Wildman–Crippen MR) is 114 cm³/mol. The molecule has 0 unspecified atom stereocenters. The predicted octanol–water partition coefficient (Wildman–Crippen LogP) is 3.47. The second kappa shape index (κ2) is 8.22. The summed E-state index contributed by atoms with van der Waals surface area (Å²) in [7, 11) is 0. The smallest absolute Gasteiger partial charge is 0.255 e. The lowest BCUT2D eigenvalue weighted by molar-refractivity contribution is -0.119. The van der Waals surface area contributed by atoms with E-state index in [1.165, 1.54) is 0 Å². The number of nitriles is 1. The van der Waals surface area contributed by atoms with Crippen molar-refractivity contribution in [2.75, 3.05) is 6.61 Å². The molecule has 0 bridgehead atoms. The summed E-state index contributed by atoms with van der Waals surface area (Å²) in [5, 5.41) is 17.7. The molecule has 1 amide bonds. The number of aromatic amines is 1. The average molecular weight is 456 g/mol. The second-order valence-corrected chi connectivity index (χ2v) is 7.51. The normalized spacial score (nSPS) is 15.1. The molecule has 0 aliphatic carbocycles. The number of carbonyl (C=O) groups excluding carboxylic acids is 1. The molecule has 8 nitrogen and oxygen atoms in total. The van der Waals surface area contributed by atoms with Crippen molar-refractivity contribution in [3.8, 4) is 29.0 Å². The number of amides is 1. The topological polar surface area (TPSA) is 140 Å². The SMILES string of the molecule is N#CC1=C(N)Oc2n[nH]c(-c3ccc(Cl)c(Cl)c3)c2[C@H]1c1ccc(OCC(N)=O)cc1. The Morgan fingerprint density at radius 3 is 2.61 bits per heavy atom. The summed E-state index contributed by atoms with van der Waals surface area (Å²) in [6, 6.07) is 14.2. The molecule has 0 saturated heterocycles. The molecule has 0 radical (unpaired) electrons. The number of fused-ring (bicyclic) bond motifs is 1. The monoisotopic (exact) mass is 455 g/mol. The molecule has 1 aliphatic heterocycles. The maximum Gasteiger partial charge on any atom is 0.255 e. The van der Waals surface area contributed by atoms with Gasteiger partial charge in [-0.2, -0.15) is 5.26 Å². The fourth-order valence-corrected chi connectivity index (χ4v) is 3.66. The summed E-state index contributed by atoms with van der Waals surface area (Å²) in [6.45, 7) is -0.236. The lowest BCUT2D eigenvalue weighted by Crippen LogP contribution is -2.21. The van der Waals surface area contributed by atoms with Gasteiger partial charge in [0.2, 0.25) is 11.8 Å². The third-order valence-corrected chi connectivity index (χ3v) is 5.48. The molecule has 2 aromatic carbocycles. The van der Waals surface area contributed by atoms with Crippen LogP contribution >= 0.6 is 23.2 Å². The van der Waals surface area contributed by atoms with Crippen molar-refractivity contribution in [3.63, 3.8) is 0 Å². The number of primary amides is 1. The molecule has 156 valence electrons. The van der Waals surface area contributed by atoms with Crippen LogP contribution in [0.25, 0.3) is 11.3 Å². The highest BCUT2D eigenvalue weighted by Gasteiger charge is 2.35. The van der Waals surface area contributed by atoms with Crippen LogP contribution in [0.4, 0.5) is 0 Å². The quantitative estimate of drug-likeness (QED) is 0.537. The van der Waals surface area contributed by atoms with E-state index in [0.717, 1.165) is 11.1 Å². The minimum absolute atomic E-state index is 0.0266. The Morgan fingerprint density at radius 2 is 1.97 bits per heavy atom. The van der Waals surface area contributed by atoms with E-state index in [2.05, 4.69) is 16.3 Å². The average Bonchev–Trinajstić information content (AvgIpc) is 3.17. The molecule has 3 aromatic rings. The summed E-state index contributed by atoms with van der Waals surface area (Å²) < 4.78 is 10.9. The van der Waals surface area contributed by atoms with Gasteiger partial charge in [0, 0.05) is 5.56 Å². The Bertz CT molecular complexity index is 1240. The van der Waals surface area contributed by atoms with Gasteiger partial charge < -0.3 is 20.9 Å². The van der Waals surface area contributed by atoms with Gasteiger partial charge in [0.05, 0.1) is 27.2 Å². The Kier molecular flexibility index (Phi) is 5.46. The first-order valence-corrected chi connectivity index (χ1v) is 9.77. The molecule has 10 heteroatoms. The Labute approximate surface area is 187 Å². The molecule has 0 spiro atoms. The van der Waals surface area contributed by atoms with Crippen LogP contribution in [0.15, 0.2) is 53.9 Å². The van der Waals surface area contributed by atoms with Crippen molar-refractivity contribution in [1.82, 2.24) is 10.2 Å². The molecule has 1 atom stereocenters. The first kappa shape index (κ1) is 20.6. The molecule has 0 fully saturated rings. The number of allylic oxidation sites excluding steroid dienone is 1. The molecule has 1 aliphatic rings. The number of benzene rings is 2. The number of rotatable bonds is 5. The van der Waals surface area contributed by atoms with Crippen LogP contribution in [0, 0.1) is 11.3 Å². The second-order valence-electron chi connectivity index (χ2n) is 6.70. The number of aromatic nitrogens is 2. The standard InChI is InChI=1S/C21H15Cl2N5O3/c22-14-6-3-11(7-15(14)23)19-18-17(13(8-24)20(26)31-21(18)28-27-19)10-1-4-12(5-2-10)30-9-16(25)29/h1-7,17H,9,26H2,(H2,25,29)(H,27,28)/t17-/m0/s1. The van der Waals surface area contributed by atoms with E-state index in [4.69, 9.17) is 44.1 Å². The molecule has 4 rings (SSSR count). The highest BCUT2D eigenvalue weighted by molar-refractivity contribution is 6.42. The molecule has 31 heavy (non-hydrogen) atoms. The summed E-state index contributed by atoms with van der Waals surface area (Å²) in [6.07, 6.45) is 0. The van der Waals surface area contributed by atoms with E-state index in [-0.39, 0.29) is 23.9 Å². The Balaban J connectivity index is 1.81. The number of carbonyl (C=O) groups is 1. The van der Waals surface area contributed by atoms with E-state index in [1.807, 2.05) is 0 Å². The van der Waals surface area contributed by atoms with Crippen LogP contribution in [0.2, 0.25) is 10.0 Å². The zero-order chi connectivity index (χ0) is 22.1. The molecular formula is C21H15Cl2N5O3. The molecule has 5 N–H and O–H groups in total. The highest BCUT2D eigenvalue weighted by atomic mass is 35.5. The van der Waals surface area contributed by atoms with E-state index < -0.39 is 11.8 Å². The van der Waals surface area contributed by atoms with Gasteiger partial charge in [-0.25, -0.2) is 0 Å². The fraction of sp³-hybridized carbons (Fsp3) is 0.0952. The number of nitrogens with two attached hydrogens (primary N) is 2. The Morgan fingerprint density at radius 1 is 1.23 bits per heavy atom. The fourth-order valence-electron chi connectivity index (χ4n) is 3.36. The lowest BCUT2D eigenvalue weighted by atomic mass is 9.83. The van der Waals surface area contributed by atoms with Crippen LogP contribution in [-0.2, 0) is 4.79 Å². The van der Waals surface area contributed by atoms with Gasteiger partial charge in [0.1, 0.15) is 17.4 Å². The number of nitrogens with zero attached hydrogens (tertiary/aromatic N) is 2. The van der Waals surface area contributed by atoms with Crippen LogP contribution < -0.4 is 20.9 Å². The number of hydrogen-bond donors (Lipinski definition) is 3. The van der Waals surface area contributed by atoms with E-state index in [1.54, 1.807) is 42.5 Å². The Hall–Kier alpha value is -3.67. The maximum absolute atomic E-state index is 10.9. The summed E-state index contributed by atoms with van der Waals surface area (Å²) in [5.74, 6) is -0.438. The van der Waals surface area contributed by atoms with Gasteiger partial charge in [0.15, 0.2) is 6.61 Å². The zero-order valence-corrected chi connectivity index (χ0v) is 17.4. The van der Waals surface area contributed by atoms with Crippen molar-refractivity contribution in [3.05, 3.63) is 75.1 Å². The molecular weight excluding hydrogens is 441 g/mol. The molecule has 2 heterocycles. The van der Waals surface area contributed by atoms with Crippen molar-refractivity contribution < 1.29 is 14.3 Å². The van der Waals surface area contributed by atoms with Crippen molar-refractivity contribution in [2.24, 2.45) is 11.5 Å². The minimum atomic E-state index is -0.578. The summed E-state index contributed by atoms with van der Waals surface area (Å²) in [5.41, 5.74) is 14.1. The van der Waals surface area contributed by atoms with Gasteiger partial charge in [-0.1, -0.05) is 41.4 Å². The highest BCUT2D eigenvalue weighted by Crippen LogP contribution is 2.46. The maximum atomic E-state index is 10.9. The zero-order valence-electron chi connectivity index (χ0n) is 15.9. The van der Waals surface area contributed by atoms with Gasteiger partial charge in [-0.3, -0.25) is 9.89 Å². The van der Waals surface area contributed by atoms with E-state index in [9.17, 15) is 10.1 Å². The first-order valence-electron chi connectivity index (χ1n) is 9.01. The number of ether oxygens (including phenoxy) is 2. The number of H-pyrrole nitrogens is 1. The number of nitrogens with one attached hydrogen (secondary N) is 1. The van der Waals surface area contributed by atoms with Gasteiger partial charge in [-0.15, -0.1) is 5.10 Å². The lowest BCUT2D eigenvalue weighted by Gasteiger charge is -2.24. The van der Waals surface area contributed by atoms with Crippen molar-refractivity contribution >= 4 is 29.1 Å². The van der Waals surface area contributed by atoms with Gasteiger partial charge >= 0.3 is 0 Å². The first-order chi connectivity index (χ1) is 14.9. The molecule has 1 aromatic heterocycles. The van der Waals surface area contributed by atoms with E-state index in [0.29, 0.717) is 27.1 Å². The number of halogens is 2. The van der Waals surface area contributed by atoms with Crippen molar-refractivity contribution in [2.45, 2.75) is 5.92 Å². The summed E-state index contributed by atoms with van der Waals surface area (Å²) in [4.78, 5) is 10.9. The van der Waals surface area contributed by atoms with Crippen LogP contribution in [0.3, 0.4) is 0 Å². The largest absolute Gasteiger partial charge is 0.484 e.